The maximum Gasteiger partial charge on any atom is 0.339 e. The van der Waals surface area contributed by atoms with Crippen molar-refractivity contribution >= 4 is 27.8 Å². The molecule has 1 aromatic rings. The van der Waals surface area contributed by atoms with Gasteiger partial charge in [0, 0.05) is 6.04 Å². The van der Waals surface area contributed by atoms with Crippen molar-refractivity contribution in [3.05, 3.63) is 29.8 Å². The number of esters is 1. The molecule has 0 aromatic heterocycles. The minimum atomic E-state index is -3.71. The predicted octanol–water partition coefficient (Wildman–Crippen LogP) is 1.65. The maximum absolute atomic E-state index is 12.4. The van der Waals surface area contributed by atoms with Crippen molar-refractivity contribution < 1.29 is 17.9 Å². The largest absolute Gasteiger partial charge is 0.465 e. The molecule has 0 amide bonds. The van der Waals surface area contributed by atoms with E-state index in [1.165, 1.54) is 19.2 Å². The molecule has 0 aliphatic carbocycles. The lowest BCUT2D eigenvalue weighted by Gasteiger charge is -2.22. The first-order chi connectivity index (χ1) is 9.54. The first-order valence-electron chi connectivity index (χ1n) is 6.32. The molecule has 0 spiro atoms. The molecule has 0 saturated carbocycles. The summed E-state index contributed by atoms with van der Waals surface area (Å²) in [6, 6.07) is 6.02. The van der Waals surface area contributed by atoms with E-state index in [4.69, 9.17) is 0 Å². The van der Waals surface area contributed by atoms with Crippen molar-refractivity contribution in [1.82, 2.24) is 4.72 Å². The van der Waals surface area contributed by atoms with Crippen molar-refractivity contribution in [1.29, 1.82) is 0 Å². The summed E-state index contributed by atoms with van der Waals surface area (Å²) < 4.78 is 32.1. The normalized spacial score (nSPS) is 16.9. The van der Waals surface area contributed by atoms with Gasteiger partial charge >= 0.3 is 5.97 Å². The third-order valence-corrected chi connectivity index (χ3v) is 5.75. The van der Waals surface area contributed by atoms with Crippen molar-refractivity contribution in [2.24, 2.45) is 0 Å². The molecule has 2 rings (SSSR count). The van der Waals surface area contributed by atoms with Crippen LogP contribution in [0.1, 0.15) is 23.2 Å². The Bertz CT molecular complexity index is 580. The van der Waals surface area contributed by atoms with Gasteiger partial charge in [0.1, 0.15) is 0 Å². The van der Waals surface area contributed by atoms with E-state index in [0.717, 1.165) is 24.3 Å². The van der Waals surface area contributed by atoms with E-state index < -0.39 is 16.0 Å². The molecule has 1 aromatic carbocycles. The number of sulfonamides is 1. The molecule has 0 bridgehead atoms. The summed E-state index contributed by atoms with van der Waals surface area (Å²) in [4.78, 5) is 11.6. The molecule has 1 saturated heterocycles. The lowest BCUT2D eigenvalue weighted by Crippen LogP contribution is -2.37. The van der Waals surface area contributed by atoms with Crippen molar-refractivity contribution in [2.75, 3.05) is 18.6 Å². The topological polar surface area (TPSA) is 72.5 Å². The highest BCUT2D eigenvalue weighted by Gasteiger charge is 2.26. The van der Waals surface area contributed by atoms with Gasteiger partial charge in [0.2, 0.25) is 10.0 Å². The van der Waals surface area contributed by atoms with Gasteiger partial charge < -0.3 is 4.74 Å². The summed E-state index contributed by atoms with van der Waals surface area (Å²) in [5.41, 5.74) is 0.0627. The Labute approximate surface area is 123 Å². The maximum atomic E-state index is 12.4. The van der Waals surface area contributed by atoms with Crippen LogP contribution in [-0.4, -0.2) is 39.0 Å². The van der Waals surface area contributed by atoms with Crippen LogP contribution >= 0.6 is 11.8 Å². The first-order valence-corrected chi connectivity index (χ1v) is 8.96. The van der Waals surface area contributed by atoms with Gasteiger partial charge in [-0.3, -0.25) is 0 Å². The molecule has 1 aliphatic rings. The molecule has 5 nitrogen and oxygen atoms in total. The Balaban J connectivity index is 2.27. The van der Waals surface area contributed by atoms with Crippen LogP contribution in [0.3, 0.4) is 0 Å². The standard InChI is InChI=1S/C13H17NO4S2/c1-18-13(15)11-4-2-3-5-12(11)20(16,17)14-10-6-8-19-9-7-10/h2-5,10,14H,6-9H2,1H3. The number of hydrogen-bond acceptors (Lipinski definition) is 5. The zero-order valence-electron chi connectivity index (χ0n) is 11.2. The molecular weight excluding hydrogens is 298 g/mol. The Morgan fingerprint density at radius 1 is 1.30 bits per heavy atom. The number of nitrogens with one attached hydrogen (secondary N) is 1. The van der Waals surface area contributed by atoms with Crippen LogP contribution in [-0.2, 0) is 14.8 Å². The number of rotatable bonds is 4. The van der Waals surface area contributed by atoms with Crippen LogP contribution in [0.2, 0.25) is 0 Å². The van der Waals surface area contributed by atoms with Crippen molar-refractivity contribution in [3.63, 3.8) is 0 Å². The SMILES string of the molecule is COC(=O)c1ccccc1S(=O)(=O)NC1CCSCC1. The van der Waals surface area contributed by atoms with E-state index in [1.54, 1.807) is 12.1 Å². The minimum absolute atomic E-state index is 0.0231. The van der Waals surface area contributed by atoms with Gasteiger partial charge in [0.05, 0.1) is 17.6 Å². The highest BCUT2D eigenvalue weighted by atomic mass is 32.2. The second kappa shape index (κ2) is 6.60. The minimum Gasteiger partial charge on any atom is -0.465 e. The van der Waals surface area contributed by atoms with Crippen LogP contribution in [0, 0.1) is 0 Å². The number of benzene rings is 1. The summed E-state index contributed by atoms with van der Waals surface area (Å²) >= 11 is 1.82. The molecule has 0 atom stereocenters. The zero-order valence-corrected chi connectivity index (χ0v) is 12.8. The molecule has 7 heteroatoms. The molecule has 1 fully saturated rings. The fraction of sp³-hybridized carbons (Fsp3) is 0.462. The Morgan fingerprint density at radius 2 is 1.95 bits per heavy atom. The van der Waals surface area contributed by atoms with E-state index >= 15 is 0 Å². The van der Waals surface area contributed by atoms with Crippen LogP contribution in [0.25, 0.3) is 0 Å². The summed E-state index contributed by atoms with van der Waals surface area (Å²) in [5.74, 6) is 1.25. The molecule has 110 valence electrons. The lowest BCUT2D eigenvalue weighted by molar-refractivity contribution is 0.0596. The van der Waals surface area contributed by atoms with Gasteiger partial charge in [0.15, 0.2) is 0 Å². The molecule has 0 radical (unpaired) electrons. The summed E-state index contributed by atoms with van der Waals surface area (Å²) in [5, 5.41) is 0. The second-order valence-corrected chi connectivity index (χ2v) is 7.40. The number of methoxy groups -OCH3 is 1. The van der Waals surface area contributed by atoms with Gasteiger partial charge in [-0.2, -0.15) is 11.8 Å². The van der Waals surface area contributed by atoms with Gasteiger partial charge in [0.25, 0.3) is 0 Å². The van der Waals surface area contributed by atoms with Crippen molar-refractivity contribution in [3.8, 4) is 0 Å². The van der Waals surface area contributed by atoms with E-state index in [-0.39, 0.29) is 16.5 Å². The van der Waals surface area contributed by atoms with E-state index in [9.17, 15) is 13.2 Å². The number of carbonyl (C=O) groups excluding carboxylic acids is 1. The number of ether oxygens (including phenoxy) is 1. The molecule has 1 N–H and O–H groups in total. The highest BCUT2D eigenvalue weighted by molar-refractivity contribution is 7.99. The Hall–Kier alpha value is -1.05. The number of thioether (sulfide) groups is 1. The van der Waals surface area contributed by atoms with Gasteiger partial charge in [-0.05, 0) is 36.5 Å². The zero-order chi connectivity index (χ0) is 14.6. The smallest absolute Gasteiger partial charge is 0.339 e. The fourth-order valence-electron chi connectivity index (χ4n) is 2.08. The average molecular weight is 315 g/mol. The first kappa shape index (κ1) is 15.3. The van der Waals surface area contributed by atoms with E-state index in [2.05, 4.69) is 9.46 Å². The highest BCUT2D eigenvalue weighted by Crippen LogP contribution is 2.21. The van der Waals surface area contributed by atoms with Crippen LogP contribution in [0.5, 0.6) is 0 Å². The molecular formula is C13H17NO4S2. The summed E-state index contributed by atoms with van der Waals surface area (Å²) in [6.07, 6.45) is 1.62. The van der Waals surface area contributed by atoms with Gasteiger partial charge in [-0.1, -0.05) is 12.1 Å². The third-order valence-electron chi connectivity index (χ3n) is 3.13. The Kier molecular flexibility index (Phi) is 5.06. The third kappa shape index (κ3) is 3.53. The van der Waals surface area contributed by atoms with Crippen molar-refractivity contribution in [2.45, 2.75) is 23.8 Å². The summed E-state index contributed by atoms with van der Waals surface area (Å²) in [6.45, 7) is 0. The number of hydrogen-bond donors (Lipinski definition) is 1. The van der Waals surface area contributed by atoms with Crippen LogP contribution in [0.15, 0.2) is 29.2 Å². The molecule has 1 aliphatic heterocycles. The monoisotopic (exact) mass is 315 g/mol. The van der Waals surface area contributed by atoms with Crippen LogP contribution < -0.4 is 4.72 Å². The molecule has 0 unspecified atom stereocenters. The summed E-state index contributed by atoms with van der Waals surface area (Å²) in [7, 11) is -2.47. The average Bonchev–Trinajstić information content (AvgIpc) is 2.47. The molecule has 1 heterocycles. The fourth-order valence-corrected chi connectivity index (χ4v) is 4.68. The van der Waals surface area contributed by atoms with Gasteiger partial charge in [-0.15, -0.1) is 0 Å². The second-order valence-electron chi connectivity index (χ2n) is 4.50. The predicted molar refractivity (Wildman–Crippen MR) is 78.5 cm³/mol. The van der Waals surface area contributed by atoms with Gasteiger partial charge in [-0.25, -0.2) is 17.9 Å². The van der Waals surface area contributed by atoms with Crippen LogP contribution in [0.4, 0.5) is 0 Å². The number of carbonyl (C=O) groups is 1. The van der Waals surface area contributed by atoms with E-state index in [1.807, 2.05) is 11.8 Å². The Morgan fingerprint density at radius 3 is 2.60 bits per heavy atom. The lowest BCUT2D eigenvalue weighted by atomic mass is 10.2. The van der Waals surface area contributed by atoms with E-state index in [0.29, 0.717) is 0 Å². The molecule has 20 heavy (non-hydrogen) atoms. The quantitative estimate of drug-likeness (QED) is 0.855.